The van der Waals surface area contributed by atoms with Crippen molar-refractivity contribution in [3.8, 4) is 16.8 Å². The quantitative estimate of drug-likeness (QED) is 0.188. The van der Waals surface area contributed by atoms with Gasteiger partial charge in [0, 0.05) is 68.9 Å². The summed E-state index contributed by atoms with van der Waals surface area (Å²) in [5.41, 5.74) is 7.81. The first kappa shape index (κ1) is 24.8. The van der Waals surface area contributed by atoms with Crippen molar-refractivity contribution in [3.63, 3.8) is 0 Å². The Morgan fingerprint density at radius 3 is 2.02 bits per heavy atom. The van der Waals surface area contributed by atoms with Crippen LogP contribution >= 0.6 is 22.7 Å². The van der Waals surface area contributed by atoms with E-state index in [1.807, 2.05) is 22.7 Å². The second-order valence-corrected chi connectivity index (χ2v) is 14.2. The normalized spacial score (nSPS) is 12.3. The van der Waals surface area contributed by atoms with E-state index >= 15 is 0 Å². The summed E-state index contributed by atoms with van der Waals surface area (Å²) in [6, 6.07) is 50.8. The van der Waals surface area contributed by atoms with Gasteiger partial charge in [-0.25, -0.2) is 0 Å². The SMILES string of the molecule is c1ccc2c(c1)sc1c2ccc2c3ccccc3n(-c3ccc4c(c3)oc3cc(-c5cccc6sc7ccccc7c56)ccc34)c21. The molecule has 11 rings (SSSR count). The van der Waals surface area contributed by atoms with Crippen molar-refractivity contribution in [2.75, 3.05) is 0 Å². The first-order valence-electron chi connectivity index (χ1n) is 15.5. The average molecular weight is 622 g/mol. The molecule has 0 aliphatic rings. The predicted molar refractivity (Wildman–Crippen MR) is 199 cm³/mol. The van der Waals surface area contributed by atoms with Gasteiger partial charge in [0.15, 0.2) is 0 Å². The lowest BCUT2D eigenvalue weighted by atomic mass is 9.98. The van der Waals surface area contributed by atoms with Gasteiger partial charge in [0.05, 0.1) is 15.7 Å². The van der Waals surface area contributed by atoms with Gasteiger partial charge < -0.3 is 8.98 Å². The molecule has 214 valence electrons. The molecule has 0 aliphatic heterocycles. The lowest BCUT2D eigenvalue weighted by Crippen LogP contribution is -1.93. The number of rotatable bonds is 2. The first-order valence-corrected chi connectivity index (χ1v) is 17.1. The third-order valence-corrected chi connectivity index (χ3v) is 11.9. The maximum Gasteiger partial charge on any atom is 0.137 e. The number of nitrogens with zero attached hydrogens (tertiary/aromatic N) is 1. The highest BCUT2D eigenvalue weighted by Gasteiger charge is 2.19. The van der Waals surface area contributed by atoms with E-state index in [0.717, 1.165) is 27.6 Å². The maximum absolute atomic E-state index is 6.69. The molecule has 0 saturated carbocycles. The number of thiophene rings is 2. The Labute approximate surface area is 270 Å². The number of benzene rings is 7. The standard InChI is InChI=1S/C42H23NOS2/c1-4-12-34-27(8-1)31-20-21-32-30-9-2-5-13-37(30)46-42(32)41(31)43(34)25-17-19-29-28-18-16-24(22-35(28)44-36(29)23-25)26-11-7-15-39-40(26)33-10-3-6-14-38(33)45-39/h1-23H. The summed E-state index contributed by atoms with van der Waals surface area (Å²) in [6.07, 6.45) is 0. The fraction of sp³-hybridized carbons (Fsp3) is 0. The van der Waals surface area contributed by atoms with E-state index in [2.05, 4.69) is 144 Å². The lowest BCUT2D eigenvalue weighted by Gasteiger charge is -2.08. The van der Waals surface area contributed by atoms with Crippen LogP contribution in [0.15, 0.2) is 144 Å². The molecule has 0 bridgehead atoms. The van der Waals surface area contributed by atoms with Crippen molar-refractivity contribution in [2.45, 2.75) is 0 Å². The maximum atomic E-state index is 6.69. The molecule has 7 aromatic carbocycles. The van der Waals surface area contributed by atoms with Gasteiger partial charge in [0.1, 0.15) is 11.2 Å². The molecule has 0 aliphatic carbocycles. The van der Waals surface area contributed by atoms with Crippen LogP contribution in [0.4, 0.5) is 0 Å². The number of hydrogen-bond acceptors (Lipinski definition) is 3. The highest BCUT2D eigenvalue weighted by Crippen LogP contribution is 2.44. The number of fused-ring (bicyclic) bond motifs is 13. The summed E-state index contributed by atoms with van der Waals surface area (Å²) in [5, 5.41) is 10.1. The molecule has 2 nitrogen and oxygen atoms in total. The van der Waals surface area contributed by atoms with Crippen molar-refractivity contribution < 1.29 is 4.42 Å². The van der Waals surface area contributed by atoms with E-state index in [1.165, 1.54) is 73.3 Å². The third-order valence-electron chi connectivity index (χ3n) is 9.61. The molecule has 4 aromatic heterocycles. The molecule has 0 atom stereocenters. The minimum atomic E-state index is 0.901. The van der Waals surface area contributed by atoms with E-state index in [1.54, 1.807) is 0 Å². The molecule has 0 N–H and O–H groups in total. The molecule has 0 amide bonds. The van der Waals surface area contributed by atoms with Gasteiger partial charge in [-0.2, -0.15) is 0 Å². The minimum absolute atomic E-state index is 0.901. The van der Waals surface area contributed by atoms with Gasteiger partial charge >= 0.3 is 0 Å². The van der Waals surface area contributed by atoms with Gasteiger partial charge in [-0.15, -0.1) is 22.7 Å². The van der Waals surface area contributed by atoms with Crippen molar-refractivity contribution in [1.82, 2.24) is 4.57 Å². The molecule has 0 saturated heterocycles. The monoisotopic (exact) mass is 621 g/mol. The molecular formula is C42H23NOS2. The Morgan fingerprint density at radius 1 is 0.457 bits per heavy atom. The largest absolute Gasteiger partial charge is 0.456 e. The van der Waals surface area contributed by atoms with Crippen molar-refractivity contribution in [2.24, 2.45) is 0 Å². The van der Waals surface area contributed by atoms with Gasteiger partial charge in [0.25, 0.3) is 0 Å². The van der Waals surface area contributed by atoms with Gasteiger partial charge in [-0.3, -0.25) is 0 Å². The fourth-order valence-corrected chi connectivity index (χ4v) is 9.96. The van der Waals surface area contributed by atoms with Crippen molar-refractivity contribution >= 4 is 107 Å². The number of para-hydroxylation sites is 1. The molecular weight excluding hydrogens is 599 g/mol. The van der Waals surface area contributed by atoms with E-state index in [4.69, 9.17) is 4.42 Å². The summed E-state index contributed by atoms with van der Waals surface area (Å²) in [5.74, 6) is 0. The smallest absolute Gasteiger partial charge is 0.137 e. The Morgan fingerprint density at radius 2 is 1.13 bits per heavy atom. The number of hydrogen-bond donors (Lipinski definition) is 0. The van der Waals surface area contributed by atoms with Crippen LogP contribution in [0.1, 0.15) is 0 Å². The topological polar surface area (TPSA) is 18.1 Å². The zero-order valence-corrected chi connectivity index (χ0v) is 26.1. The molecule has 0 radical (unpaired) electrons. The number of aromatic nitrogens is 1. The van der Waals surface area contributed by atoms with Crippen molar-refractivity contribution in [1.29, 1.82) is 0 Å². The van der Waals surface area contributed by atoms with Crippen LogP contribution in [0.2, 0.25) is 0 Å². The van der Waals surface area contributed by atoms with Gasteiger partial charge in [-0.1, -0.05) is 84.9 Å². The van der Waals surface area contributed by atoms with Crippen LogP contribution in [-0.2, 0) is 0 Å². The fourth-order valence-electron chi connectivity index (χ4n) is 7.59. The molecule has 46 heavy (non-hydrogen) atoms. The van der Waals surface area contributed by atoms with Crippen LogP contribution < -0.4 is 0 Å². The van der Waals surface area contributed by atoms with Crippen LogP contribution in [0, 0.1) is 0 Å². The summed E-state index contributed by atoms with van der Waals surface area (Å²) < 4.78 is 14.4. The zero-order valence-electron chi connectivity index (χ0n) is 24.5. The first-order chi connectivity index (χ1) is 22.8. The molecule has 0 unspecified atom stereocenters. The molecule has 4 heteroatoms. The Hall–Kier alpha value is -5.42. The predicted octanol–water partition coefficient (Wildman–Crippen LogP) is 13.1. The van der Waals surface area contributed by atoms with Crippen LogP contribution in [0.5, 0.6) is 0 Å². The molecule has 0 fully saturated rings. The van der Waals surface area contributed by atoms with E-state index in [-0.39, 0.29) is 0 Å². The van der Waals surface area contributed by atoms with Gasteiger partial charge in [0.2, 0.25) is 0 Å². The van der Waals surface area contributed by atoms with Crippen molar-refractivity contribution in [3.05, 3.63) is 140 Å². The Kier molecular flexibility index (Phi) is 4.90. The molecule has 0 spiro atoms. The minimum Gasteiger partial charge on any atom is -0.456 e. The zero-order chi connectivity index (χ0) is 29.9. The van der Waals surface area contributed by atoms with E-state index < -0.39 is 0 Å². The van der Waals surface area contributed by atoms with Crippen LogP contribution in [0.3, 0.4) is 0 Å². The van der Waals surface area contributed by atoms with Crippen LogP contribution in [0.25, 0.3) is 101 Å². The summed E-state index contributed by atoms with van der Waals surface area (Å²) in [6.45, 7) is 0. The average Bonchev–Trinajstić information content (AvgIpc) is 3.86. The Balaban J connectivity index is 1.14. The Bertz CT molecular complexity index is 3040. The van der Waals surface area contributed by atoms with Crippen LogP contribution in [-0.4, -0.2) is 4.57 Å². The highest BCUT2D eigenvalue weighted by atomic mass is 32.1. The third kappa shape index (κ3) is 3.30. The lowest BCUT2D eigenvalue weighted by molar-refractivity contribution is 0.669. The highest BCUT2D eigenvalue weighted by molar-refractivity contribution is 7.26. The van der Waals surface area contributed by atoms with E-state index in [9.17, 15) is 0 Å². The molecule has 4 heterocycles. The molecule has 11 aromatic rings. The second kappa shape index (κ2) is 9.07. The van der Waals surface area contributed by atoms with Gasteiger partial charge in [-0.05, 0) is 59.7 Å². The summed E-state index contributed by atoms with van der Waals surface area (Å²) >= 11 is 3.74. The second-order valence-electron chi connectivity index (χ2n) is 12.1. The number of furan rings is 1. The van der Waals surface area contributed by atoms with E-state index in [0.29, 0.717) is 0 Å². The summed E-state index contributed by atoms with van der Waals surface area (Å²) in [7, 11) is 0. The summed E-state index contributed by atoms with van der Waals surface area (Å²) in [4.78, 5) is 0.